The van der Waals surface area contributed by atoms with E-state index in [1.54, 1.807) is 5.57 Å². The average Bonchev–Trinajstić information content (AvgIpc) is 3.76. The van der Waals surface area contributed by atoms with Gasteiger partial charge in [0, 0.05) is 18.5 Å². The summed E-state index contributed by atoms with van der Waals surface area (Å²) in [6.45, 7) is 13.5. The highest BCUT2D eigenvalue weighted by Gasteiger charge is 2.72. The second kappa shape index (κ2) is 11.6. The fourth-order valence-corrected chi connectivity index (χ4v) is 10.9. The molecule has 5 fully saturated rings. The molecule has 2 heterocycles. The molecular weight excluding hydrogens is 520 g/mol. The minimum Gasteiger partial charge on any atom is -0.389 e. The van der Waals surface area contributed by atoms with E-state index in [1.807, 2.05) is 0 Å². The number of likely N-dealkylation sites (tertiary alicyclic amines) is 2. The fourth-order valence-electron chi connectivity index (χ4n) is 10.9. The van der Waals surface area contributed by atoms with Gasteiger partial charge in [-0.2, -0.15) is 0 Å². The van der Waals surface area contributed by atoms with Crippen LogP contribution >= 0.6 is 0 Å². The smallest absolute Gasteiger partial charge is 0.101 e. The molecule has 2 aliphatic heterocycles. The zero-order chi connectivity index (χ0) is 28.8. The predicted molar refractivity (Wildman–Crippen MR) is 168 cm³/mol. The molecule has 1 aromatic carbocycles. The highest BCUT2D eigenvalue weighted by atomic mass is 16.5. The molecule has 5 nitrogen and oxygen atoms in total. The molecule has 0 bridgehead atoms. The number of rotatable bonds is 9. The SMILES string of the molecule is C[C@]12CCC(OCCN3CCCC3)CC1=CC[C@@H]1[C@H]2CC[C@]2(C)C(OCCN3CCCC3)(c3ccccc3)CC[C@@]12O. The maximum Gasteiger partial charge on any atom is 0.101 e. The monoisotopic (exact) mass is 576 g/mol. The molecule has 6 aliphatic rings. The zero-order valence-electron chi connectivity index (χ0n) is 26.5. The average molecular weight is 577 g/mol. The first-order valence-electron chi connectivity index (χ1n) is 17.6. The van der Waals surface area contributed by atoms with E-state index in [0.29, 0.717) is 17.9 Å². The highest BCUT2D eigenvalue weighted by molar-refractivity contribution is 5.35. The third-order valence-electron chi connectivity index (χ3n) is 13.5. The van der Waals surface area contributed by atoms with Gasteiger partial charge < -0.3 is 24.4 Å². The van der Waals surface area contributed by atoms with Gasteiger partial charge in [0.05, 0.1) is 24.9 Å². The van der Waals surface area contributed by atoms with Crippen LogP contribution in [0.15, 0.2) is 42.0 Å². The summed E-state index contributed by atoms with van der Waals surface area (Å²) in [6, 6.07) is 11.0. The van der Waals surface area contributed by atoms with Crippen molar-refractivity contribution >= 4 is 0 Å². The minimum atomic E-state index is -0.715. The van der Waals surface area contributed by atoms with Crippen molar-refractivity contribution in [2.75, 3.05) is 52.5 Å². The maximum absolute atomic E-state index is 13.0. The molecule has 5 heteroatoms. The van der Waals surface area contributed by atoms with Gasteiger partial charge in [0.2, 0.25) is 0 Å². The molecule has 7 rings (SSSR count). The van der Waals surface area contributed by atoms with Crippen molar-refractivity contribution in [1.82, 2.24) is 9.80 Å². The largest absolute Gasteiger partial charge is 0.389 e. The van der Waals surface area contributed by atoms with Gasteiger partial charge in [0.15, 0.2) is 0 Å². The number of allylic oxidation sites excluding steroid dienone is 1. The first-order valence-corrected chi connectivity index (χ1v) is 17.6. The van der Waals surface area contributed by atoms with Gasteiger partial charge in [-0.3, -0.25) is 0 Å². The van der Waals surface area contributed by atoms with Crippen molar-refractivity contribution < 1.29 is 14.6 Å². The third kappa shape index (κ3) is 4.76. The van der Waals surface area contributed by atoms with E-state index in [2.05, 4.69) is 60.1 Å². The number of fused-ring (bicyclic) bond motifs is 5. The van der Waals surface area contributed by atoms with Gasteiger partial charge in [-0.05, 0) is 126 Å². The van der Waals surface area contributed by atoms with Gasteiger partial charge in [0.25, 0.3) is 0 Å². The molecule has 7 atom stereocenters. The molecular formula is C37H56N2O3. The second-order valence-corrected chi connectivity index (χ2v) is 15.3. The molecule has 0 radical (unpaired) electrons. The second-order valence-electron chi connectivity index (χ2n) is 15.3. The van der Waals surface area contributed by atoms with E-state index in [0.717, 1.165) is 64.8 Å². The number of nitrogens with zero attached hydrogens (tertiary/aromatic N) is 2. The predicted octanol–water partition coefficient (Wildman–Crippen LogP) is 6.55. The van der Waals surface area contributed by atoms with E-state index >= 15 is 0 Å². The van der Waals surface area contributed by atoms with Gasteiger partial charge in [-0.15, -0.1) is 0 Å². The van der Waals surface area contributed by atoms with Crippen molar-refractivity contribution in [3.8, 4) is 0 Å². The lowest BCUT2D eigenvalue weighted by Crippen LogP contribution is -2.63. The number of hydrogen-bond acceptors (Lipinski definition) is 5. The molecule has 2 unspecified atom stereocenters. The third-order valence-corrected chi connectivity index (χ3v) is 13.5. The first kappa shape index (κ1) is 29.5. The van der Waals surface area contributed by atoms with Crippen LogP contribution in [0.3, 0.4) is 0 Å². The van der Waals surface area contributed by atoms with Crippen LogP contribution in [0.2, 0.25) is 0 Å². The van der Waals surface area contributed by atoms with Crippen LogP contribution in [0.1, 0.15) is 96.5 Å². The number of benzene rings is 1. The molecule has 1 N–H and O–H groups in total. The molecule has 1 aromatic rings. The van der Waals surface area contributed by atoms with Crippen molar-refractivity contribution in [2.24, 2.45) is 22.7 Å². The Balaban J connectivity index is 1.10. The fraction of sp³-hybridized carbons (Fsp3) is 0.784. The molecule has 0 spiro atoms. The normalized spacial score (nSPS) is 42.3. The van der Waals surface area contributed by atoms with Gasteiger partial charge in [0.1, 0.15) is 5.60 Å². The van der Waals surface area contributed by atoms with E-state index < -0.39 is 11.2 Å². The van der Waals surface area contributed by atoms with Crippen molar-refractivity contribution in [1.29, 1.82) is 0 Å². The lowest BCUT2D eigenvalue weighted by Gasteiger charge is -2.63. The summed E-state index contributed by atoms with van der Waals surface area (Å²) < 4.78 is 13.6. The van der Waals surface area contributed by atoms with Crippen molar-refractivity contribution in [3.05, 3.63) is 47.5 Å². The molecule has 0 aromatic heterocycles. The zero-order valence-corrected chi connectivity index (χ0v) is 26.5. The van der Waals surface area contributed by atoms with Gasteiger partial charge in [-0.1, -0.05) is 55.8 Å². The Labute approximate surface area is 255 Å². The van der Waals surface area contributed by atoms with E-state index in [4.69, 9.17) is 9.47 Å². The van der Waals surface area contributed by atoms with E-state index in [9.17, 15) is 5.11 Å². The van der Waals surface area contributed by atoms with Crippen molar-refractivity contribution in [3.63, 3.8) is 0 Å². The van der Waals surface area contributed by atoms with Crippen LogP contribution in [-0.2, 0) is 15.1 Å². The van der Waals surface area contributed by atoms with Crippen LogP contribution in [-0.4, -0.2) is 79.1 Å². The molecule has 4 aliphatic carbocycles. The van der Waals surface area contributed by atoms with Crippen molar-refractivity contribution in [2.45, 2.75) is 108 Å². The number of hydrogen-bond donors (Lipinski definition) is 1. The molecule has 2 saturated heterocycles. The number of aliphatic hydroxyl groups is 1. The molecule has 3 saturated carbocycles. The summed E-state index contributed by atoms with van der Waals surface area (Å²) in [5, 5.41) is 13.0. The van der Waals surface area contributed by atoms with Crippen LogP contribution in [0.5, 0.6) is 0 Å². The maximum atomic E-state index is 13.0. The van der Waals surface area contributed by atoms with Crippen LogP contribution < -0.4 is 0 Å². The topological polar surface area (TPSA) is 45.2 Å². The van der Waals surface area contributed by atoms with E-state index in [-0.39, 0.29) is 10.8 Å². The Morgan fingerprint density at radius 3 is 2.21 bits per heavy atom. The lowest BCUT2D eigenvalue weighted by atomic mass is 9.45. The van der Waals surface area contributed by atoms with Gasteiger partial charge >= 0.3 is 0 Å². The molecule has 232 valence electrons. The summed E-state index contributed by atoms with van der Waals surface area (Å²) >= 11 is 0. The molecule has 0 amide bonds. The molecule has 42 heavy (non-hydrogen) atoms. The number of ether oxygens (including phenoxy) is 2. The van der Waals surface area contributed by atoms with E-state index in [1.165, 1.54) is 70.3 Å². The summed E-state index contributed by atoms with van der Waals surface area (Å²) in [4.78, 5) is 5.12. The summed E-state index contributed by atoms with van der Waals surface area (Å²) in [6.07, 6.45) is 16.6. The Bertz CT molecular complexity index is 1110. The first-order chi connectivity index (χ1) is 20.4. The summed E-state index contributed by atoms with van der Waals surface area (Å²) in [7, 11) is 0. The van der Waals surface area contributed by atoms with Crippen LogP contribution in [0.4, 0.5) is 0 Å². The standard InChI is InChI=1S/C37H56N2O3/c1-34-16-14-31(41-26-24-38-20-6-7-21-38)28-30(34)12-13-33-32(34)15-17-35(2)36(33,40)18-19-37(35,29-10-4-3-5-11-29)42-27-25-39-22-8-9-23-39/h3-5,10-12,31-33,40H,6-9,13-28H2,1-2H3/t31?,32-,33-,34+,35+,36-,37?/m1/s1. The highest BCUT2D eigenvalue weighted by Crippen LogP contribution is 2.71. The Kier molecular flexibility index (Phi) is 8.14. The summed E-state index contributed by atoms with van der Waals surface area (Å²) in [5.41, 5.74) is 1.64. The Morgan fingerprint density at radius 1 is 0.810 bits per heavy atom. The quantitative estimate of drug-likeness (QED) is 0.338. The van der Waals surface area contributed by atoms with Crippen LogP contribution in [0, 0.1) is 22.7 Å². The minimum absolute atomic E-state index is 0.184. The summed E-state index contributed by atoms with van der Waals surface area (Å²) in [5.74, 6) is 0.836. The van der Waals surface area contributed by atoms with Crippen LogP contribution in [0.25, 0.3) is 0 Å². The lowest BCUT2D eigenvalue weighted by molar-refractivity contribution is -0.233. The Morgan fingerprint density at radius 2 is 1.50 bits per heavy atom. The van der Waals surface area contributed by atoms with Gasteiger partial charge in [-0.25, -0.2) is 0 Å². The Hall–Kier alpha value is -1.24.